The van der Waals surface area contributed by atoms with Crippen molar-refractivity contribution in [3.05, 3.63) is 214 Å². The standard InChI is InChI=1S/C21H23N5S.C15H17IN4.C15H18N4.C10H7ClN2.C4H2Cl2N2/c1-25-10-12-26(13-11-25)21-23-15-19(27-18-9-5-8-17(22)14-18)20(24-21)16-6-3-2-4-7-16;1-19-7-9-20(10-8-19)15-17-11-13(16)14(18-15)12-5-3-2-4-6-12;1-18-9-11-19(12-10-18)15-16-8-7-14(17-15)13-5-3-2-4-6-13;11-10-12-7-6-9(13-10)8-4-2-1-3-5-8;5-3-1-2-7-4(6)8-3/h2-9,14-15H,10-13,22H2,1H3;2-6,11H,7-10H2,1H3;2-8H,9-12H2,1H3;1-7H;1-2H. The number of nitrogens with zero attached hydrogens (tertiary/aromatic N) is 16. The van der Waals surface area contributed by atoms with E-state index in [1.807, 2.05) is 134 Å². The summed E-state index contributed by atoms with van der Waals surface area (Å²) in [4.78, 5) is 59.0. The lowest BCUT2D eigenvalue weighted by molar-refractivity contribution is 0.311. The Labute approximate surface area is 542 Å². The Morgan fingerprint density at radius 1 is 0.402 bits per heavy atom. The Hall–Kier alpha value is -7.47. The summed E-state index contributed by atoms with van der Waals surface area (Å²) in [5, 5.41) is 0.823. The highest BCUT2D eigenvalue weighted by molar-refractivity contribution is 14.1. The topological polar surface area (TPSA) is 174 Å². The monoisotopic (exact) mass is 1350 g/mol. The van der Waals surface area contributed by atoms with Gasteiger partial charge in [0.25, 0.3) is 0 Å². The zero-order valence-electron chi connectivity index (χ0n) is 48.6. The van der Waals surface area contributed by atoms with E-state index in [4.69, 9.17) is 50.5 Å². The van der Waals surface area contributed by atoms with Crippen molar-refractivity contribution in [2.75, 3.05) is 120 Å². The summed E-state index contributed by atoms with van der Waals surface area (Å²) < 4.78 is 1.09. The number of piperazine rings is 3. The third-order valence-corrected chi connectivity index (χ3v) is 16.4. The molecule has 2 N–H and O–H groups in total. The average Bonchev–Trinajstić information content (AvgIpc) is 2.86. The molecule has 0 spiro atoms. The van der Waals surface area contributed by atoms with Crippen LogP contribution in [0.4, 0.5) is 23.5 Å². The Morgan fingerprint density at radius 2 is 0.816 bits per heavy atom. The Bertz CT molecular complexity index is 3680. The number of hydrogen-bond acceptors (Lipinski definition) is 18. The molecule has 22 heteroatoms. The minimum absolute atomic E-state index is 0.178. The Kier molecular flexibility index (Phi) is 24.3. The van der Waals surface area contributed by atoms with E-state index < -0.39 is 0 Å². The van der Waals surface area contributed by atoms with Crippen molar-refractivity contribution in [2.24, 2.45) is 0 Å². The van der Waals surface area contributed by atoms with Crippen molar-refractivity contribution < 1.29 is 0 Å². The fourth-order valence-electron chi connectivity index (χ4n) is 9.11. The number of rotatable bonds is 9. The van der Waals surface area contributed by atoms with Crippen LogP contribution in [-0.2, 0) is 0 Å². The normalized spacial score (nSPS) is 14.4. The second-order valence-corrected chi connectivity index (χ2v) is 23.7. The van der Waals surface area contributed by atoms with Crippen LogP contribution in [0.15, 0.2) is 205 Å². The van der Waals surface area contributed by atoms with Crippen molar-refractivity contribution in [2.45, 2.75) is 9.79 Å². The molecule has 446 valence electrons. The molecule has 0 aliphatic carbocycles. The van der Waals surface area contributed by atoms with Crippen LogP contribution in [0.3, 0.4) is 0 Å². The van der Waals surface area contributed by atoms with Crippen LogP contribution < -0.4 is 20.4 Å². The molecule has 17 nitrogen and oxygen atoms in total. The minimum atomic E-state index is 0.178. The lowest BCUT2D eigenvalue weighted by Crippen LogP contribution is -2.45. The van der Waals surface area contributed by atoms with Gasteiger partial charge in [0.2, 0.25) is 28.4 Å². The molecule has 13 rings (SSSR count). The predicted octanol–water partition coefficient (Wildman–Crippen LogP) is 12.6. The highest BCUT2D eigenvalue weighted by Crippen LogP contribution is 2.36. The molecule has 0 amide bonds. The van der Waals surface area contributed by atoms with Gasteiger partial charge in [-0.3, -0.25) is 0 Å². The van der Waals surface area contributed by atoms with E-state index in [2.05, 4.69) is 155 Å². The maximum atomic E-state index is 5.94. The molecule has 3 fully saturated rings. The number of nitrogens with two attached hydrogens (primary N) is 1. The van der Waals surface area contributed by atoms with Crippen molar-refractivity contribution >= 4 is 92.7 Å². The van der Waals surface area contributed by atoms with E-state index in [0.29, 0.717) is 5.15 Å². The van der Waals surface area contributed by atoms with Crippen LogP contribution in [0.1, 0.15) is 0 Å². The number of anilines is 4. The van der Waals surface area contributed by atoms with Crippen LogP contribution >= 0.6 is 69.2 Å². The van der Waals surface area contributed by atoms with E-state index in [9.17, 15) is 0 Å². The molecule has 3 saturated heterocycles. The number of hydrogen-bond donors (Lipinski definition) is 1. The Morgan fingerprint density at radius 3 is 1.28 bits per heavy atom. The van der Waals surface area contributed by atoms with E-state index in [-0.39, 0.29) is 10.6 Å². The second kappa shape index (κ2) is 33.0. The molecular weight excluding hydrogens is 1280 g/mol. The number of nitrogen functional groups attached to an aromatic ring is 1. The van der Waals surface area contributed by atoms with E-state index in [1.165, 1.54) is 6.20 Å². The first kappa shape index (κ1) is 64.0. The van der Waals surface area contributed by atoms with E-state index in [1.54, 1.807) is 24.0 Å². The van der Waals surface area contributed by atoms with E-state index >= 15 is 0 Å². The molecule has 0 radical (unpaired) electrons. The van der Waals surface area contributed by atoms with Gasteiger partial charge >= 0.3 is 0 Å². The molecule has 5 aromatic carbocycles. The van der Waals surface area contributed by atoms with Crippen molar-refractivity contribution in [1.82, 2.24) is 64.5 Å². The molecule has 0 atom stereocenters. The fraction of sp³-hybridized carbons (Fsp3) is 0.231. The zero-order chi connectivity index (χ0) is 60.7. The minimum Gasteiger partial charge on any atom is -0.399 e. The largest absolute Gasteiger partial charge is 0.399 e. The van der Waals surface area contributed by atoms with Crippen LogP contribution in [0, 0.1) is 3.57 Å². The lowest BCUT2D eigenvalue weighted by Gasteiger charge is -2.32. The van der Waals surface area contributed by atoms with Gasteiger partial charge in [-0.15, -0.1) is 0 Å². The fourth-order valence-corrected chi connectivity index (χ4v) is 11.1. The molecule has 5 aromatic heterocycles. The predicted molar refractivity (Wildman–Crippen MR) is 364 cm³/mol. The Balaban J connectivity index is 0.000000136. The number of benzene rings is 5. The zero-order valence-corrected chi connectivity index (χ0v) is 53.9. The number of halogens is 4. The van der Waals surface area contributed by atoms with Crippen molar-refractivity contribution in [3.8, 4) is 45.0 Å². The summed E-state index contributed by atoms with van der Waals surface area (Å²) in [6.45, 7) is 12.2. The van der Waals surface area contributed by atoms with Crippen LogP contribution in [0.2, 0.25) is 15.7 Å². The first-order valence-corrected chi connectivity index (χ1v) is 31.3. The summed E-state index contributed by atoms with van der Waals surface area (Å²) in [7, 11) is 6.46. The third kappa shape index (κ3) is 19.8. The summed E-state index contributed by atoms with van der Waals surface area (Å²) in [6.07, 6.45) is 8.86. The molecule has 10 aromatic rings. The first-order chi connectivity index (χ1) is 42.4. The van der Waals surface area contributed by atoms with Gasteiger partial charge in [-0.05, 0) is 103 Å². The second-order valence-electron chi connectivity index (χ2n) is 20.4. The molecule has 3 aliphatic rings. The molecular formula is C65H67Cl3IN17S. The molecule has 0 unspecified atom stereocenters. The summed E-state index contributed by atoms with van der Waals surface area (Å²) in [5.41, 5.74) is 15.0. The van der Waals surface area contributed by atoms with Crippen LogP contribution in [0.25, 0.3) is 45.0 Å². The van der Waals surface area contributed by atoms with Gasteiger partial charge in [-0.25, -0.2) is 49.8 Å². The molecule has 87 heavy (non-hydrogen) atoms. The van der Waals surface area contributed by atoms with Crippen molar-refractivity contribution in [3.63, 3.8) is 0 Å². The van der Waals surface area contributed by atoms with E-state index in [0.717, 1.165) is 160 Å². The smallest absolute Gasteiger partial charge is 0.226 e. The lowest BCUT2D eigenvalue weighted by atomic mass is 10.1. The molecule has 0 bridgehead atoms. The van der Waals surface area contributed by atoms with Gasteiger partial charge in [-0.1, -0.05) is 151 Å². The van der Waals surface area contributed by atoms with Crippen molar-refractivity contribution in [1.29, 1.82) is 0 Å². The van der Waals surface area contributed by atoms with Gasteiger partial charge in [0.05, 0.1) is 31.2 Å². The molecule has 8 heterocycles. The van der Waals surface area contributed by atoms with Gasteiger partial charge in [0, 0.05) is 142 Å². The van der Waals surface area contributed by atoms with Gasteiger partial charge < -0.3 is 35.1 Å². The van der Waals surface area contributed by atoms with Crippen LogP contribution in [0.5, 0.6) is 0 Å². The molecule has 0 saturated carbocycles. The number of likely N-dealkylation sites (N-methyl/N-ethyl adjacent to an activating group) is 3. The summed E-state index contributed by atoms with van der Waals surface area (Å²) >= 11 is 20.4. The number of aromatic nitrogens is 10. The summed E-state index contributed by atoms with van der Waals surface area (Å²) in [5.74, 6) is 2.49. The summed E-state index contributed by atoms with van der Waals surface area (Å²) in [6, 6.07) is 54.0. The van der Waals surface area contributed by atoms with Crippen LogP contribution in [-0.4, -0.2) is 164 Å². The maximum absolute atomic E-state index is 5.94. The third-order valence-electron chi connectivity index (χ3n) is 14.0. The molecule has 3 aliphatic heterocycles. The first-order valence-electron chi connectivity index (χ1n) is 28.3. The SMILES string of the molecule is CN1CCN(c2ncc(I)c(-c3ccccc3)n2)CC1.CN1CCN(c2ncc(Sc3cccc(N)c3)c(-c3ccccc3)n2)CC1.CN1CCN(c2nccc(-c3ccccc3)n2)CC1.Clc1ccnc(Cl)n1.Clc1nccc(-c2ccccc2)n1. The highest BCUT2D eigenvalue weighted by Gasteiger charge is 2.21. The quantitative estimate of drug-likeness (QED) is 0.0625. The maximum Gasteiger partial charge on any atom is 0.226 e. The highest BCUT2D eigenvalue weighted by atomic mass is 127. The average molecular weight is 1350 g/mol. The van der Waals surface area contributed by atoms with Gasteiger partial charge in [0.15, 0.2) is 0 Å². The van der Waals surface area contributed by atoms with Gasteiger partial charge in [0.1, 0.15) is 5.15 Å². The van der Waals surface area contributed by atoms with Gasteiger partial charge in [-0.2, -0.15) is 0 Å².